The molecule has 0 amide bonds. The predicted octanol–water partition coefficient (Wildman–Crippen LogP) is 4.93. The Morgan fingerprint density at radius 1 is 0.769 bits per heavy atom. The van der Waals surface area contributed by atoms with Crippen molar-refractivity contribution in [2.24, 2.45) is 0 Å². The van der Waals surface area contributed by atoms with Crippen LogP contribution in [0.2, 0.25) is 0 Å². The van der Waals surface area contributed by atoms with Crippen LogP contribution in [-0.2, 0) is 10.3 Å². The highest BCUT2D eigenvalue weighted by Gasteiger charge is 2.39. The zero-order valence-electron chi connectivity index (χ0n) is 15.0. The van der Waals surface area contributed by atoms with E-state index in [1.165, 1.54) is 6.08 Å². The molecular weight excluding hydrogens is 320 g/mol. The fourth-order valence-corrected chi connectivity index (χ4v) is 3.26. The zero-order valence-corrected chi connectivity index (χ0v) is 15.0. The standard InChI is InChI=1S/C24H24O2/c1-3-23(25)19(2)26-24(20-13-7-4-8-14-20,21-15-9-5-10-16-21)22-17-11-6-12-18-22/h3-19,23,25H,1H2,2H3/t19-,23-/m0/s1. The Morgan fingerprint density at radius 2 is 1.12 bits per heavy atom. The molecular formula is C24H24O2. The Bertz CT molecular complexity index is 716. The molecule has 132 valence electrons. The van der Waals surface area contributed by atoms with Gasteiger partial charge in [-0.25, -0.2) is 0 Å². The molecule has 0 saturated heterocycles. The zero-order chi connectivity index (χ0) is 18.4. The number of rotatable bonds is 7. The molecule has 3 aromatic carbocycles. The molecule has 1 N–H and O–H groups in total. The Balaban J connectivity index is 2.26. The van der Waals surface area contributed by atoms with Crippen LogP contribution in [0.5, 0.6) is 0 Å². The van der Waals surface area contributed by atoms with E-state index in [4.69, 9.17) is 4.74 Å². The summed E-state index contributed by atoms with van der Waals surface area (Å²) in [4.78, 5) is 0. The Labute approximate surface area is 155 Å². The average molecular weight is 344 g/mol. The first-order valence-electron chi connectivity index (χ1n) is 8.83. The van der Waals surface area contributed by atoms with E-state index >= 15 is 0 Å². The van der Waals surface area contributed by atoms with Gasteiger partial charge in [0.15, 0.2) is 0 Å². The molecule has 0 saturated carbocycles. The summed E-state index contributed by atoms with van der Waals surface area (Å²) in [5, 5.41) is 10.3. The molecule has 3 aromatic rings. The molecule has 0 unspecified atom stereocenters. The molecule has 2 heteroatoms. The van der Waals surface area contributed by atoms with Crippen LogP contribution >= 0.6 is 0 Å². The van der Waals surface area contributed by atoms with Gasteiger partial charge in [0.05, 0.1) is 12.2 Å². The highest BCUT2D eigenvalue weighted by Crippen LogP contribution is 2.41. The van der Waals surface area contributed by atoms with Gasteiger partial charge in [-0.3, -0.25) is 0 Å². The maximum absolute atomic E-state index is 10.3. The normalized spacial score (nSPS) is 13.8. The first-order chi connectivity index (χ1) is 12.7. The first kappa shape index (κ1) is 18.1. The molecule has 0 bridgehead atoms. The van der Waals surface area contributed by atoms with Gasteiger partial charge in [0.2, 0.25) is 0 Å². The van der Waals surface area contributed by atoms with Gasteiger partial charge >= 0.3 is 0 Å². The van der Waals surface area contributed by atoms with E-state index in [-0.39, 0.29) is 0 Å². The van der Waals surface area contributed by atoms with Crippen molar-refractivity contribution in [3.63, 3.8) is 0 Å². The minimum atomic E-state index is -0.826. The fraction of sp³-hybridized carbons (Fsp3) is 0.167. The van der Waals surface area contributed by atoms with Gasteiger partial charge in [0, 0.05) is 0 Å². The van der Waals surface area contributed by atoms with Gasteiger partial charge < -0.3 is 9.84 Å². The second kappa shape index (κ2) is 8.13. The van der Waals surface area contributed by atoms with Crippen molar-refractivity contribution in [3.8, 4) is 0 Å². The summed E-state index contributed by atoms with van der Waals surface area (Å²) in [7, 11) is 0. The molecule has 3 rings (SSSR count). The predicted molar refractivity (Wildman–Crippen MR) is 106 cm³/mol. The lowest BCUT2D eigenvalue weighted by molar-refractivity contribution is -0.0799. The van der Waals surface area contributed by atoms with Crippen molar-refractivity contribution < 1.29 is 9.84 Å². The van der Waals surface area contributed by atoms with Crippen LogP contribution in [0.4, 0.5) is 0 Å². The highest BCUT2D eigenvalue weighted by molar-refractivity contribution is 5.47. The van der Waals surface area contributed by atoms with Gasteiger partial charge in [0.1, 0.15) is 5.60 Å². The molecule has 26 heavy (non-hydrogen) atoms. The van der Waals surface area contributed by atoms with Crippen LogP contribution in [0.15, 0.2) is 104 Å². The van der Waals surface area contributed by atoms with E-state index in [1.54, 1.807) is 0 Å². The van der Waals surface area contributed by atoms with Crippen molar-refractivity contribution in [2.45, 2.75) is 24.7 Å². The van der Waals surface area contributed by atoms with E-state index < -0.39 is 17.8 Å². The first-order valence-corrected chi connectivity index (χ1v) is 8.83. The van der Waals surface area contributed by atoms with Crippen LogP contribution in [0.1, 0.15) is 23.6 Å². The van der Waals surface area contributed by atoms with Gasteiger partial charge in [-0.05, 0) is 23.6 Å². The van der Waals surface area contributed by atoms with Gasteiger partial charge in [-0.2, -0.15) is 0 Å². The van der Waals surface area contributed by atoms with Crippen molar-refractivity contribution in [1.29, 1.82) is 0 Å². The number of aliphatic hydroxyl groups is 1. The number of benzene rings is 3. The molecule has 0 aliphatic carbocycles. The average Bonchev–Trinajstić information content (AvgIpc) is 2.73. The smallest absolute Gasteiger partial charge is 0.144 e. The van der Waals surface area contributed by atoms with Crippen molar-refractivity contribution in [3.05, 3.63) is 120 Å². The fourth-order valence-electron chi connectivity index (χ4n) is 3.26. The summed E-state index contributed by atoms with van der Waals surface area (Å²) in [5.41, 5.74) is 2.22. The molecule has 0 heterocycles. The molecule has 0 aromatic heterocycles. The number of aliphatic hydroxyl groups excluding tert-OH is 1. The van der Waals surface area contributed by atoms with Crippen molar-refractivity contribution in [2.75, 3.05) is 0 Å². The molecule has 0 fully saturated rings. The molecule has 2 nitrogen and oxygen atoms in total. The summed E-state index contributed by atoms with van der Waals surface area (Å²) in [5.74, 6) is 0. The van der Waals surface area contributed by atoms with Crippen LogP contribution in [0.3, 0.4) is 0 Å². The summed E-state index contributed by atoms with van der Waals surface area (Å²) < 4.78 is 6.63. The number of hydrogen-bond donors (Lipinski definition) is 1. The summed E-state index contributed by atoms with van der Waals surface area (Å²) in [6, 6.07) is 30.4. The lowest BCUT2D eigenvalue weighted by Crippen LogP contribution is -2.39. The Morgan fingerprint density at radius 3 is 1.42 bits per heavy atom. The summed E-state index contributed by atoms with van der Waals surface area (Å²) in [6.45, 7) is 5.57. The SMILES string of the molecule is C=C[C@H](O)[C@H](C)OC(c1ccccc1)(c1ccccc1)c1ccccc1. The number of hydrogen-bond acceptors (Lipinski definition) is 2. The van der Waals surface area contributed by atoms with E-state index in [9.17, 15) is 5.11 Å². The Hall–Kier alpha value is -2.68. The van der Waals surface area contributed by atoms with Crippen LogP contribution < -0.4 is 0 Å². The summed E-state index contributed by atoms with van der Waals surface area (Å²) >= 11 is 0. The maximum Gasteiger partial charge on any atom is 0.144 e. The van der Waals surface area contributed by atoms with E-state index in [0.29, 0.717) is 0 Å². The van der Waals surface area contributed by atoms with Crippen LogP contribution in [-0.4, -0.2) is 17.3 Å². The molecule has 0 spiro atoms. The largest absolute Gasteiger partial charge is 0.386 e. The monoisotopic (exact) mass is 344 g/mol. The van der Waals surface area contributed by atoms with Crippen molar-refractivity contribution in [1.82, 2.24) is 0 Å². The third-order valence-corrected chi connectivity index (χ3v) is 4.63. The topological polar surface area (TPSA) is 29.5 Å². The van der Waals surface area contributed by atoms with E-state index in [1.807, 2.05) is 61.5 Å². The third-order valence-electron chi connectivity index (χ3n) is 4.63. The minimum Gasteiger partial charge on any atom is -0.386 e. The summed E-state index contributed by atoms with van der Waals surface area (Å²) in [6.07, 6.45) is 0.315. The Kier molecular flexibility index (Phi) is 5.67. The molecule has 0 aliphatic heterocycles. The second-order valence-corrected chi connectivity index (χ2v) is 6.33. The molecule has 0 radical (unpaired) electrons. The van der Waals surface area contributed by atoms with Gasteiger partial charge in [-0.1, -0.05) is 97.1 Å². The van der Waals surface area contributed by atoms with Crippen LogP contribution in [0.25, 0.3) is 0 Å². The molecule has 2 atom stereocenters. The van der Waals surface area contributed by atoms with Crippen molar-refractivity contribution >= 4 is 0 Å². The lowest BCUT2D eigenvalue weighted by Gasteiger charge is -2.39. The quantitative estimate of drug-likeness (QED) is 0.486. The van der Waals surface area contributed by atoms with E-state index in [2.05, 4.69) is 43.0 Å². The van der Waals surface area contributed by atoms with Gasteiger partial charge in [-0.15, -0.1) is 6.58 Å². The van der Waals surface area contributed by atoms with Crippen LogP contribution in [0, 0.1) is 0 Å². The van der Waals surface area contributed by atoms with E-state index in [0.717, 1.165) is 16.7 Å². The molecule has 0 aliphatic rings. The maximum atomic E-state index is 10.3. The lowest BCUT2D eigenvalue weighted by atomic mass is 9.80. The number of ether oxygens (including phenoxy) is 1. The second-order valence-electron chi connectivity index (χ2n) is 6.33. The third kappa shape index (κ3) is 3.48. The highest BCUT2D eigenvalue weighted by atomic mass is 16.5. The minimum absolute atomic E-state index is 0.437. The van der Waals surface area contributed by atoms with Gasteiger partial charge in [0.25, 0.3) is 0 Å².